The molecule has 2 aromatic carbocycles. The number of anilines is 2. The number of aromatic nitrogens is 1. The van der Waals surface area contributed by atoms with Crippen molar-refractivity contribution in [1.82, 2.24) is 9.88 Å². The summed E-state index contributed by atoms with van der Waals surface area (Å²) in [4.78, 5) is 18.5. The molecule has 0 aliphatic carbocycles. The largest absolute Gasteiger partial charge is 0.354 e. The van der Waals surface area contributed by atoms with Crippen LogP contribution in [0.15, 0.2) is 77.4 Å². The molecule has 0 saturated heterocycles. The van der Waals surface area contributed by atoms with Gasteiger partial charge >= 0.3 is 0 Å². The van der Waals surface area contributed by atoms with E-state index in [-0.39, 0.29) is 5.91 Å². The van der Waals surface area contributed by atoms with E-state index in [4.69, 9.17) is 0 Å². The molecule has 0 saturated carbocycles. The van der Waals surface area contributed by atoms with E-state index in [1.54, 1.807) is 24.2 Å². The molecule has 0 aliphatic heterocycles. The molecule has 0 spiro atoms. The molecule has 3 rings (SSSR count). The van der Waals surface area contributed by atoms with Crippen molar-refractivity contribution in [3.63, 3.8) is 0 Å². The fraction of sp³-hybridized carbons (Fsp3) is 0.100. The van der Waals surface area contributed by atoms with Crippen molar-refractivity contribution in [3.8, 4) is 0 Å². The number of carbonyl (C=O) groups excluding carboxylic acids is 1. The normalized spacial score (nSPS) is 10.3. The predicted octanol–water partition coefficient (Wildman–Crippen LogP) is 4.86. The maximum atomic E-state index is 12.5. The van der Waals surface area contributed by atoms with Crippen LogP contribution in [0.2, 0.25) is 0 Å². The highest BCUT2D eigenvalue weighted by Gasteiger charge is 2.13. The number of nitrogens with zero attached hydrogens (tertiary/aromatic N) is 2. The molecule has 3 aromatic rings. The van der Waals surface area contributed by atoms with Gasteiger partial charge in [0.25, 0.3) is 5.91 Å². The standard InChI is InChI=1S/C20H18BrN3O/c1-24(14-15-5-3-2-4-6-15)20(25)19-12-11-18(13-22-19)23-17-9-7-16(21)8-10-17/h2-13,23H,14H2,1H3. The Morgan fingerprint density at radius 1 is 1.00 bits per heavy atom. The summed E-state index contributed by atoms with van der Waals surface area (Å²) in [6.07, 6.45) is 1.67. The maximum absolute atomic E-state index is 12.5. The molecule has 0 radical (unpaired) electrons. The number of pyridine rings is 1. The third kappa shape index (κ3) is 4.67. The second-order valence-corrected chi connectivity index (χ2v) is 6.63. The number of rotatable bonds is 5. The first-order valence-corrected chi connectivity index (χ1v) is 8.69. The number of amides is 1. The number of benzene rings is 2. The van der Waals surface area contributed by atoms with E-state index >= 15 is 0 Å². The van der Waals surface area contributed by atoms with Crippen molar-refractivity contribution in [2.45, 2.75) is 6.54 Å². The molecule has 1 heterocycles. The Balaban J connectivity index is 1.64. The van der Waals surface area contributed by atoms with Crippen LogP contribution in [0.5, 0.6) is 0 Å². The van der Waals surface area contributed by atoms with Crippen molar-refractivity contribution >= 4 is 33.2 Å². The van der Waals surface area contributed by atoms with Crippen molar-refractivity contribution in [2.24, 2.45) is 0 Å². The summed E-state index contributed by atoms with van der Waals surface area (Å²) < 4.78 is 1.03. The highest BCUT2D eigenvalue weighted by Crippen LogP contribution is 2.19. The zero-order chi connectivity index (χ0) is 17.6. The molecule has 1 amide bonds. The first kappa shape index (κ1) is 17.2. The summed E-state index contributed by atoms with van der Waals surface area (Å²) in [6.45, 7) is 0.556. The third-order valence-corrected chi connectivity index (χ3v) is 4.25. The molecule has 0 bridgehead atoms. The molecule has 0 unspecified atom stereocenters. The minimum absolute atomic E-state index is 0.0981. The second-order valence-electron chi connectivity index (χ2n) is 5.71. The Bertz CT molecular complexity index is 833. The van der Waals surface area contributed by atoms with Crippen LogP contribution in [-0.2, 0) is 6.54 Å². The van der Waals surface area contributed by atoms with E-state index in [1.807, 2.05) is 60.7 Å². The van der Waals surface area contributed by atoms with Gasteiger partial charge in [-0.15, -0.1) is 0 Å². The minimum atomic E-state index is -0.0981. The van der Waals surface area contributed by atoms with E-state index in [0.717, 1.165) is 21.4 Å². The summed E-state index contributed by atoms with van der Waals surface area (Å²) in [5.41, 5.74) is 3.32. The smallest absolute Gasteiger partial charge is 0.272 e. The molecule has 5 heteroatoms. The monoisotopic (exact) mass is 395 g/mol. The quantitative estimate of drug-likeness (QED) is 0.670. The van der Waals surface area contributed by atoms with Crippen LogP contribution >= 0.6 is 15.9 Å². The number of halogens is 1. The second kappa shape index (κ2) is 7.94. The van der Waals surface area contributed by atoms with Gasteiger partial charge in [-0.25, -0.2) is 4.98 Å². The van der Waals surface area contributed by atoms with Crippen molar-refractivity contribution in [3.05, 3.63) is 88.7 Å². The van der Waals surface area contributed by atoms with Gasteiger partial charge in [-0.2, -0.15) is 0 Å². The van der Waals surface area contributed by atoms with Gasteiger partial charge in [0.2, 0.25) is 0 Å². The fourth-order valence-corrected chi connectivity index (χ4v) is 2.68. The zero-order valence-electron chi connectivity index (χ0n) is 13.8. The average Bonchev–Trinajstić information content (AvgIpc) is 2.64. The van der Waals surface area contributed by atoms with Crippen LogP contribution in [0.1, 0.15) is 16.1 Å². The van der Waals surface area contributed by atoms with Gasteiger partial charge in [0, 0.05) is 23.8 Å². The molecule has 1 aromatic heterocycles. The average molecular weight is 396 g/mol. The van der Waals surface area contributed by atoms with Crippen LogP contribution in [0, 0.1) is 0 Å². The minimum Gasteiger partial charge on any atom is -0.354 e. The Labute approximate surface area is 155 Å². The van der Waals surface area contributed by atoms with Crippen molar-refractivity contribution < 1.29 is 4.79 Å². The van der Waals surface area contributed by atoms with Gasteiger partial charge in [-0.05, 0) is 42.0 Å². The number of hydrogen-bond acceptors (Lipinski definition) is 3. The molecular weight excluding hydrogens is 378 g/mol. The molecule has 126 valence electrons. The molecule has 4 nitrogen and oxygen atoms in total. The molecule has 1 N–H and O–H groups in total. The zero-order valence-corrected chi connectivity index (χ0v) is 15.4. The molecule has 0 fully saturated rings. The van der Waals surface area contributed by atoms with Crippen LogP contribution in [0.25, 0.3) is 0 Å². The number of hydrogen-bond donors (Lipinski definition) is 1. The van der Waals surface area contributed by atoms with Crippen LogP contribution in [0.4, 0.5) is 11.4 Å². The van der Waals surface area contributed by atoms with Gasteiger partial charge in [0.1, 0.15) is 5.69 Å². The summed E-state index contributed by atoms with van der Waals surface area (Å²) in [5.74, 6) is -0.0981. The van der Waals surface area contributed by atoms with Crippen LogP contribution < -0.4 is 5.32 Å². The maximum Gasteiger partial charge on any atom is 0.272 e. The van der Waals surface area contributed by atoms with Gasteiger partial charge in [-0.1, -0.05) is 46.3 Å². The van der Waals surface area contributed by atoms with Crippen molar-refractivity contribution in [2.75, 3.05) is 12.4 Å². The SMILES string of the molecule is CN(Cc1ccccc1)C(=O)c1ccc(Nc2ccc(Br)cc2)cn1. The number of carbonyl (C=O) groups is 1. The van der Waals surface area contributed by atoms with Crippen molar-refractivity contribution in [1.29, 1.82) is 0 Å². The first-order valence-electron chi connectivity index (χ1n) is 7.90. The predicted molar refractivity (Wildman–Crippen MR) is 104 cm³/mol. The van der Waals surface area contributed by atoms with Gasteiger partial charge in [0.15, 0.2) is 0 Å². The number of nitrogens with one attached hydrogen (secondary N) is 1. The molecule has 0 atom stereocenters. The fourth-order valence-electron chi connectivity index (χ4n) is 2.42. The van der Waals surface area contributed by atoms with E-state index in [1.165, 1.54) is 0 Å². The van der Waals surface area contributed by atoms with E-state index in [9.17, 15) is 4.79 Å². The third-order valence-electron chi connectivity index (χ3n) is 3.72. The van der Waals surface area contributed by atoms with Crippen LogP contribution in [0.3, 0.4) is 0 Å². The lowest BCUT2D eigenvalue weighted by molar-refractivity contribution is 0.0779. The van der Waals surface area contributed by atoms with Crippen LogP contribution in [-0.4, -0.2) is 22.8 Å². The summed E-state index contributed by atoms with van der Waals surface area (Å²) in [7, 11) is 1.78. The summed E-state index contributed by atoms with van der Waals surface area (Å²) in [5, 5.41) is 3.26. The van der Waals surface area contributed by atoms with E-state index in [2.05, 4.69) is 26.2 Å². The molecule has 0 aliphatic rings. The Morgan fingerprint density at radius 3 is 2.32 bits per heavy atom. The highest BCUT2D eigenvalue weighted by atomic mass is 79.9. The lowest BCUT2D eigenvalue weighted by Gasteiger charge is -2.17. The topological polar surface area (TPSA) is 45.2 Å². The highest BCUT2D eigenvalue weighted by molar-refractivity contribution is 9.10. The molecular formula is C20H18BrN3O. The first-order chi connectivity index (χ1) is 12.1. The van der Waals surface area contributed by atoms with Gasteiger partial charge in [-0.3, -0.25) is 4.79 Å². The van der Waals surface area contributed by atoms with E-state index in [0.29, 0.717) is 12.2 Å². The van der Waals surface area contributed by atoms with Gasteiger partial charge < -0.3 is 10.2 Å². The van der Waals surface area contributed by atoms with Gasteiger partial charge in [0.05, 0.1) is 11.9 Å². The lowest BCUT2D eigenvalue weighted by Crippen LogP contribution is -2.26. The lowest BCUT2D eigenvalue weighted by atomic mass is 10.2. The Hall–Kier alpha value is -2.66. The van der Waals surface area contributed by atoms with E-state index < -0.39 is 0 Å². The molecule has 25 heavy (non-hydrogen) atoms. The Morgan fingerprint density at radius 2 is 1.68 bits per heavy atom. The summed E-state index contributed by atoms with van der Waals surface area (Å²) >= 11 is 3.41. The Kier molecular flexibility index (Phi) is 5.46. The summed E-state index contributed by atoms with van der Waals surface area (Å²) in [6, 6.07) is 21.4.